The van der Waals surface area contributed by atoms with Gasteiger partial charge in [0.2, 0.25) is 5.89 Å². The predicted octanol–water partition coefficient (Wildman–Crippen LogP) is 4.69. The second-order valence-corrected chi connectivity index (χ2v) is 5.61. The Bertz CT molecular complexity index is 922. The fraction of sp³-hybridized carbons (Fsp3) is 0.200. The Labute approximate surface area is 140 Å². The number of fused-ring (bicyclic) bond motifs is 1. The number of hydrogen-bond donors (Lipinski definition) is 0. The van der Waals surface area contributed by atoms with Gasteiger partial charge in [0.1, 0.15) is 5.52 Å². The molecule has 1 aromatic heterocycles. The van der Waals surface area contributed by atoms with Crippen molar-refractivity contribution in [2.75, 3.05) is 6.61 Å². The molecule has 1 heterocycles. The molecule has 3 rings (SSSR count). The molecule has 0 unspecified atom stereocenters. The number of esters is 1. The van der Waals surface area contributed by atoms with E-state index >= 15 is 0 Å². The summed E-state index contributed by atoms with van der Waals surface area (Å²) < 4.78 is 10.9. The molecule has 2 aromatic carbocycles. The third-order valence-electron chi connectivity index (χ3n) is 3.75. The lowest BCUT2D eigenvalue weighted by Gasteiger charge is -2.06. The van der Waals surface area contributed by atoms with E-state index in [1.54, 1.807) is 13.0 Å². The van der Waals surface area contributed by atoms with Gasteiger partial charge in [-0.1, -0.05) is 24.3 Å². The minimum absolute atomic E-state index is 0.355. The Kier molecular flexibility index (Phi) is 4.47. The number of aryl methyl sites for hydroxylation is 2. The molecule has 24 heavy (non-hydrogen) atoms. The number of carbonyl (C=O) groups is 1. The number of benzene rings is 2. The molecule has 0 saturated heterocycles. The quantitative estimate of drug-likeness (QED) is 0.517. The fourth-order valence-electron chi connectivity index (χ4n) is 2.61. The SMILES string of the molecule is CCOC(=O)/C=C/c1cccc(C)c1-c1nc2cc(C)ccc2o1. The van der Waals surface area contributed by atoms with Crippen molar-refractivity contribution in [3.63, 3.8) is 0 Å². The van der Waals surface area contributed by atoms with Crippen LogP contribution in [0, 0.1) is 13.8 Å². The first-order valence-electron chi connectivity index (χ1n) is 7.90. The molecule has 0 spiro atoms. The van der Waals surface area contributed by atoms with Crippen molar-refractivity contribution in [3.8, 4) is 11.5 Å². The molecule has 0 aliphatic carbocycles. The maximum Gasteiger partial charge on any atom is 0.330 e. The Morgan fingerprint density at radius 3 is 2.88 bits per heavy atom. The van der Waals surface area contributed by atoms with Crippen molar-refractivity contribution in [1.29, 1.82) is 0 Å². The molecule has 0 radical (unpaired) electrons. The molecular formula is C20H19NO3. The molecule has 0 N–H and O–H groups in total. The number of hydrogen-bond acceptors (Lipinski definition) is 4. The third kappa shape index (κ3) is 3.23. The van der Waals surface area contributed by atoms with Crippen LogP contribution in [0.25, 0.3) is 28.6 Å². The highest BCUT2D eigenvalue weighted by molar-refractivity contribution is 5.89. The first kappa shape index (κ1) is 16.0. The van der Waals surface area contributed by atoms with Gasteiger partial charge in [-0.15, -0.1) is 0 Å². The average molecular weight is 321 g/mol. The Hall–Kier alpha value is -2.88. The zero-order valence-corrected chi connectivity index (χ0v) is 14.0. The molecule has 122 valence electrons. The van der Waals surface area contributed by atoms with E-state index in [4.69, 9.17) is 9.15 Å². The summed E-state index contributed by atoms with van der Waals surface area (Å²) in [5.41, 5.74) is 5.49. The lowest BCUT2D eigenvalue weighted by molar-refractivity contribution is -0.137. The van der Waals surface area contributed by atoms with E-state index < -0.39 is 0 Å². The molecule has 0 amide bonds. The Morgan fingerprint density at radius 1 is 1.25 bits per heavy atom. The number of aromatic nitrogens is 1. The smallest absolute Gasteiger partial charge is 0.330 e. The van der Waals surface area contributed by atoms with Gasteiger partial charge in [0.15, 0.2) is 5.58 Å². The van der Waals surface area contributed by atoms with Gasteiger partial charge in [0.25, 0.3) is 0 Å². The number of rotatable bonds is 4. The van der Waals surface area contributed by atoms with Crippen LogP contribution >= 0.6 is 0 Å². The van der Waals surface area contributed by atoms with Crippen molar-refractivity contribution >= 4 is 23.1 Å². The van der Waals surface area contributed by atoms with Crippen molar-refractivity contribution < 1.29 is 13.9 Å². The van der Waals surface area contributed by atoms with Crippen LogP contribution in [-0.2, 0) is 9.53 Å². The topological polar surface area (TPSA) is 52.3 Å². The largest absolute Gasteiger partial charge is 0.463 e. The van der Waals surface area contributed by atoms with Gasteiger partial charge in [-0.05, 0) is 55.7 Å². The van der Waals surface area contributed by atoms with Crippen LogP contribution in [0.2, 0.25) is 0 Å². The van der Waals surface area contributed by atoms with Crippen LogP contribution in [0.5, 0.6) is 0 Å². The van der Waals surface area contributed by atoms with Gasteiger partial charge in [-0.2, -0.15) is 0 Å². The summed E-state index contributed by atoms with van der Waals surface area (Å²) in [6, 6.07) is 11.8. The van der Waals surface area contributed by atoms with Crippen LogP contribution < -0.4 is 0 Å². The van der Waals surface area contributed by atoms with Crippen LogP contribution in [0.1, 0.15) is 23.6 Å². The second kappa shape index (κ2) is 6.71. The molecule has 0 aliphatic rings. The summed E-state index contributed by atoms with van der Waals surface area (Å²) in [5.74, 6) is 0.190. The lowest BCUT2D eigenvalue weighted by Crippen LogP contribution is -1.99. The summed E-state index contributed by atoms with van der Waals surface area (Å²) >= 11 is 0. The highest BCUT2D eigenvalue weighted by atomic mass is 16.5. The van der Waals surface area contributed by atoms with Gasteiger partial charge < -0.3 is 9.15 Å². The molecule has 4 heteroatoms. The minimum Gasteiger partial charge on any atom is -0.463 e. The van der Waals surface area contributed by atoms with Crippen molar-refractivity contribution in [2.24, 2.45) is 0 Å². The highest BCUT2D eigenvalue weighted by Gasteiger charge is 2.14. The molecule has 3 aromatic rings. The second-order valence-electron chi connectivity index (χ2n) is 5.61. The molecule has 0 atom stereocenters. The standard InChI is InChI=1S/C20H19NO3/c1-4-23-18(22)11-9-15-7-5-6-14(3)19(15)20-21-16-12-13(2)8-10-17(16)24-20/h5-12H,4H2,1-3H3/b11-9+. The molecule has 0 bridgehead atoms. The van der Waals surface area contributed by atoms with Crippen LogP contribution in [0.3, 0.4) is 0 Å². The summed E-state index contributed by atoms with van der Waals surface area (Å²) in [4.78, 5) is 16.2. The van der Waals surface area contributed by atoms with E-state index in [1.807, 2.05) is 50.2 Å². The van der Waals surface area contributed by atoms with Gasteiger partial charge in [-0.3, -0.25) is 0 Å². The van der Waals surface area contributed by atoms with E-state index in [-0.39, 0.29) is 5.97 Å². The molecule has 0 saturated carbocycles. The monoisotopic (exact) mass is 321 g/mol. The van der Waals surface area contributed by atoms with E-state index in [0.717, 1.165) is 33.4 Å². The third-order valence-corrected chi connectivity index (χ3v) is 3.75. The summed E-state index contributed by atoms with van der Waals surface area (Å²) in [6.07, 6.45) is 3.16. The van der Waals surface area contributed by atoms with E-state index in [1.165, 1.54) is 6.08 Å². The first-order chi connectivity index (χ1) is 11.6. The van der Waals surface area contributed by atoms with E-state index in [0.29, 0.717) is 12.5 Å². The molecule has 0 aliphatic heterocycles. The summed E-state index contributed by atoms with van der Waals surface area (Å²) in [7, 11) is 0. The Morgan fingerprint density at radius 2 is 2.08 bits per heavy atom. The van der Waals surface area contributed by atoms with Gasteiger partial charge in [0, 0.05) is 11.6 Å². The van der Waals surface area contributed by atoms with Gasteiger partial charge in [0.05, 0.1) is 6.61 Å². The van der Waals surface area contributed by atoms with E-state index in [9.17, 15) is 4.79 Å². The summed E-state index contributed by atoms with van der Waals surface area (Å²) in [6.45, 7) is 6.16. The number of oxazole rings is 1. The maximum atomic E-state index is 11.6. The lowest BCUT2D eigenvalue weighted by atomic mass is 10.0. The van der Waals surface area contributed by atoms with Crippen LogP contribution in [-0.4, -0.2) is 17.6 Å². The molecule has 4 nitrogen and oxygen atoms in total. The zero-order chi connectivity index (χ0) is 17.1. The number of nitrogens with zero attached hydrogens (tertiary/aromatic N) is 1. The van der Waals surface area contributed by atoms with Crippen LogP contribution in [0.15, 0.2) is 46.9 Å². The molecule has 0 fully saturated rings. The van der Waals surface area contributed by atoms with Crippen molar-refractivity contribution in [2.45, 2.75) is 20.8 Å². The number of ether oxygens (including phenoxy) is 1. The highest BCUT2D eigenvalue weighted by Crippen LogP contribution is 2.31. The van der Waals surface area contributed by atoms with Crippen LogP contribution in [0.4, 0.5) is 0 Å². The number of carbonyl (C=O) groups excluding carboxylic acids is 1. The normalized spacial score (nSPS) is 11.3. The van der Waals surface area contributed by atoms with Gasteiger partial charge >= 0.3 is 5.97 Å². The average Bonchev–Trinajstić information content (AvgIpc) is 2.95. The summed E-state index contributed by atoms with van der Waals surface area (Å²) in [5, 5.41) is 0. The zero-order valence-electron chi connectivity index (χ0n) is 14.0. The van der Waals surface area contributed by atoms with Crippen molar-refractivity contribution in [3.05, 3.63) is 59.2 Å². The maximum absolute atomic E-state index is 11.6. The van der Waals surface area contributed by atoms with Gasteiger partial charge in [-0.25, -0.2) is 9.78 Å². The minimum atomic E-state index is -0.363. The predicted molar refractivity (Wildman–Crippen MR) is 94.6 cm³/mol. The van der Waals surface area contributed by atoms with Crippen molar-refractivity contribution in [1.82, 2.24) is 4.98 Å². The fourth-order valence-corrected chi connectivity index (χ4v) is 2.61. The molecular weight excluding hydrogens is 302 g/mol. The van der Waals surface area contributed by atoms with E-state index in [2.05, 4.69) is 4.98 Å². The Balaban J connectivity index is 2.07. The first-order valence-corrected chi connectivity index (χ1v) is 7.90.